The summed E-state index contributed by atoms with van der Waals surface area (Å²) >= 11 is 0. The highest BCUT2D eigenvalue weighted by atomic mass is 17.1. The predicted molar refractivity (Wildman–Crippen MR) is 73.2 cm³/mol. The molecule has 0 bridgehead atoms. The van der Waals surface area contributed by atoms with Crippen molar-refractivity contribution in [3.8, 4) is 0 Å². The third-order valence-corrected chi connectivity index (χ3v) is 3.98. The zero-order valence-corrected chi connectivity index (χ0v) is 11.7. The van der Waals surface area contributed by atoms with Crippen LogP contribution in [0.15, 0.2) is 24.3 Å². The monoisotopic (exact) mass is 254 g/mol. The summed E-state index contributed by atoms with van der Waals surface area (Å²) in [4.78, 5) is 4.43. The lowest BCUT2D eigenvalue weighted by Crippen LogP contribution is -2.28. The molecule has 3 heteroatoms. The zero-order chi connectivity index (χ0) is 13.8. The number of allylic oxidation sites excluding steroid dienone is 1. The molecule has 0 radical (unpaired) electrons. The quantitative estimate of drug-likeness (QED) is 0.433. The van der Waals surface area contributed by atoms with Gasteiger partial charge >= 0.3 is 0 Å². The van der Waals surface area contributed by atoms with Gasteiger partial charge in [0.1, 0.15) is 6.10 Å². The fourth-order valence-corrected chi connectivity index (χ4v) is 2.46. The van der Waals surface area contributed by atoms with Gasteiger partial charge in [0.05, 0.1) is 5.60 Å². The van der Waals surface area contributed by atoms with Crippen LogP contribution in [-0.4, -0.2) is 22.1 Å². The molecule has 0 aromatic heterocycles. The van der Waals surface area contributed by atoms with Crippen molar-refractivity contribution in [1.82, 2.24) is 0 Å². The third kappa shape index (κ3) is 4.56. The van der Waals surface area contributed by atoms with Crippen LogP contribution < -0.4 is 0 Å². The maximum Gasteiger partial charge on any atom is 0.113 e. The molecule has 2 N–H and O–H groups in total. The molecule has 0 spiro atoms. The maximum absolute atomic E-state index is 9.85. The molecule has 0 fully saturated rings. The highest BCUT2D eigenvalue weighted by Gasteiger charge is 2.26. The first kappa shape index (κ1) is 15.4. The Labute approximate surface area is 110 Å². The van der Waals surface area contributed by atoms with E-state index in [1.165, 1.54) is 0 Å². The van der Waals surface area contributed by atoms with E-state index in [-0.39, 0.29) is 6.10 Å². The largest absolute Gasteiger partial charge is 0.386 e. The van der Waals surface area contributed by atoms with E-state index in [0.29, 0.717) is 11.8 Å². The minimum Gasteiger partial charge on any atom is -0.386 e. The number of hydrogen-bond acceptors (Lipinski definition) is 3. The Kier molecular flexibility index (Phi) is 5.57. The summed E-state index contributed by atoms with van der Waals surface area (Å²) in [5, 5.41) is 18.6. The lowest BCUT2D eigenvalue weighted by atomic mass is 9.78. The van der Waals surface area contributed by atoms with Gasteiger partial charge in [-0.2, -0.15) is 0 Å². The fourth-order valence-electron chi connectivity index (χ4n) is 2.46. The molecule has 1 aliphatic carbocycles. The van der Waals surface area contributed by atoms with Crippen molar-refractivity contribution in [2.24, 2.45) is 11.8 Å². The summed E-state index contributed by atoms with van der Waals surface area (Å²) in [5.74, 6) is 1.03. The lowest BCUT2D eigenvalue weighted by Gasteiger charge is -2.31. The highest BCUT2D eigenvalue weighted by Crippen LogP contribution is 2.32. The first-order valence-corrected chi connectivity index (χ1v) is 6.73. The van der Waals surface area contributed by atoms with Crippen LogP contribution in [0.25, 0.3) is 0 Å². The van der Waals surface area contributed by atoms with E-state index in [9.17, 15) is 5.11 Å². The Balaban J connectivity index is 2.42. The molecule has 1 rings (SSSR count). The van der Waals surface area contributed by atoms with Crippen molar-refractivity contribution < 1.29 is 15.3 Å². The van der Waals surface area contributed by atoms with Crippen molar-refractivity contribution >= 4 is 0 Å². The smallest absolute Gasteiger partial charge is 0.113 e. The molecule has 2 unspecified atom stereocenters. The van der Waals surface area contributed by atoms with Gasteiger partial charge in [-0.1, -0.05) is 25.7 Å². The van der Waals surface area contributed by atoms with E-state index >= 15 is 0 Å². The number of hydrogen-bond donors (Lipinski definition) is 2. The van der Waals surface area contributed by atoms with Crippen molar-refractivity contribution in [3.63, 3.8) is 0 Å². The standard InChI is InChI=1S/C15H26O3/c1-11(2)14(18-17)6-5-12(3)13-7-9-15(4,16)10-8-13/h7,9,12-14,16-17H,1,5-6,8,10H2,2-4H3/t12-,13+,14?,15?/m0/s1. The van der Waals surface area contributed by atoms with E-state index in [1.54, 1.807) is 0 Å². The van der Waals surface area contributed by atoms with Crippen LogP contribution in [0.5, 0.6) is 0 Å². The Morgan fingerprint density at radius 1 is 1.56 bits per heavy atom. The molecule has 1 aliphatic rings. The molecule has 0 amide bonds. The summed E-state index contributed by atoms with van der Waals surface area (Å²) in [6.07, 6.45) is 7.38. The topological polar surface area (TPSA) is 49.7 Å². The van der Waals surface area contributed by atoms with Crippen molar-refractivity contribution in [1.29, 1.82) is 0 Å². The average Bonchev–Trinajstić information content (AvgIpc) is 2.29. The number of aliphatic hydroxyl groups is 1. The zero-order valence-electron chi connectivity index (χ0n) is 11.7. The van der Waals surface area contributed by atoms with Crippen LogP contribution in [0.2, 0.25) is 0 Å². The summed E-state index contributed by atoms with van der Waals surface area (Å²) in [6.45, 7) is 9.73. The van der Waals surface area contributed by atoms with Gasteiger partial charge in [0.2, 0.25) is 0 Å². The van der Waals surface area contributed by atoms with Crippen LogP contribution in [-0.2, 0) is 4.89 Å². The van der Waals surface area contributed by atoms with Crippen LogP contribution in [0, 0.1) is 11.8 Å². The van der Waals surface area contributed by atoms with Crippen molar-refractivity contribution in [2.75, 3.05) is 0 Å². The van der Waals surface area contributed by atoms with Gasteiger partial charge in [-0.3, -0.25) is 5.26 Å². The van der Waals surface area contributed by atoms with Crippen LogP contribution >= 0.6 is 0 Å². The minimum absolute atomic E-state index is 0.261. The second kappa shape index (κ2) is 6.50. The highest BCUT2D eigenvalue weighted by molar-refractivity contribution is 5.06. The van der Waals surface area contributed by atoms with Gasteiger partial charge in [-0.15, -0.1) is 0 Å². The molecule has 0 aromatic carbocycles. The molecule has 0 heterocycles. The Morgan fingerprint density at radius 2 is 2.22 bits per heavy atom. The van der Waals surface area contributed by atoms with Gasteiger partial charge in [-0.05, 0) is 56.9 Å². The summed E-state index contributed by atoms with van der Waals surface area (Å²) in [6, 6.07) is 0. The van der Waals surface area contributed by atoms with Crippen LogP contribution in [0.4, 0.5) is 0 Å². The lowest BCUT2D eigenvalue weighted by molar-refractivity contribution is -0.270. The summed E-state index contributed by atoms with van der Waals surface area (Å²) in [7, 11) is 0. The first-order valence-electron chi connectivity index (χ1n) is 6.73. The molecule has 0 saturated carbocycles. The van der Waals surface area contributed by atoms with Gasteiger partial charge in [0, 0.05) is 0 Å². The van der Waals surface area contributed by atoms with Gasteiger partial charge < -0.3 is 5.11 Å². The molecule has 0 aromatic rings. The van der Waals surface area contributed by atoms with E-state index in [1.807, 2.05) is 19.9 Å². The van der Waals surface area contributed by atoms with Crippen LogP contribution in [0.1, 0.15) is 46.5 Å². The maximum atomic E-state index is 9.85. The van der Waals surface area contributed by atoms with Gasteiger partial charge in [0.25, 0.3) is 0 Å². The summed E-state index contributed by atoms with van der Waals surface area (Å²) < 4.78 is 0. The molecule has 4 atom stereocenters. The first-order chi connectivity index (χ1) is 8.35. The molecule has 18 heavy (non-hydrogen) atoms. The molecule has 0 saturated heterocycles. The Bertz CT molecular complexity index is 307. The van der Waals surface area contributed by atoms with E-state index in [2.05, 4.69) is 24.5 Å². The molecular weight excluding hydrogens is 228 g/mol. The van der Waals surface area contributed by atoms with Crippen molar-refractivity contribution in [2.45, 2.75) is 58.2 Å². The van der Waals surface area contributed by atoms with E-state index < -0.39 is 5.60 Å². The second-order valence-electron chi connectivity index (χ2n) is 5.91. The molecule has 0 aliphatic heterocycles. The van der Waals surface area contributed by atoms with E-state index in [0.717, 1.165) is 31.3 Å². The molecular formula is C15H26O3. The minimum atomic E-state index is -0.634. The summed E-state index contributed by atoms with van der Waals surface area (Å²) in [5.41, 5.74) is 0.219. The SMILES string of the molecule is C=C(C)C(CC[C@H](C)[C@@H]1C=CC(C)(O)CC1)OO. The second-order valence-corrected chi connectivity index (χ2v) is 5.91. The van der Waals surface area contributed by atoms with Gasteiger partial charge in [0.15, 0.2) is 0 Å². The normalized spacial score (nSPS) is 31.1. The van der Waals surface area contributed by atoms with Crippen LogP contribution in [0.3, 0.4) is 0 Å². The van der Waals surface area contributed by atoms with Gasteiger partial charge in [-0.25, -0.2) is 4.89 Å². The fraction of sp³-hybridized carbons (Fsp3) is 0.733. The Morgan fingerprint density at radius 3 is 2.67 bits per heavy atom. The Hall–Kier alpha value is -0.640. The van der Waals surface area contributed by atoms with E-state index in [4.69, 9.17) is 5.26 Å². The van der Waals surface area contributed by atoms with Crippen molar-refractivity contribution in [3.05, 3.63) is 24.3 Å². The molecule has 104 valence electrons. The average molecular weight is 254 g/mol. The molecule has 3 nitrogen and oxygen atoms in total. The predicted octanol–water partition coefficient (Wildman–Crippen LogP) is 3.55. The third-order valence-electron chi connectivity index (χ3n) is 3.98. The number of rotatable bonds is 6.